The number of methoxy groups -OCH3 is 1. The molecule has 0 saturated carbocycles. The molecule has 2 nitrogen and oxygen atoms in total. The van der Waals surface area contributed by atoms with Gasteiger partial charge in [0.2, 0.25) is 0 Å². The minimum absolute atomic E-state index is 0.355. The first-order chi connectivity index (χ1) is 9.45. The lowest BCUT2D eigenvalue weighted by Gasteiger charge is -2.19. The Balaban J connectivity index is 2.55. The zero-order valence-electron chi connectivity index (χ0n) is 11.1. The van der Waals surface area contributed by atoms with Crippen molar-refractivity contribution in [2.24, 2.45) is 5.73 Å². The van der Waals surface area contributed by atoms with Crippen molar-refractivity contribution in [3.63, 3.8) is 0 Å². The number of nitrogens with two attached hydrogens (primary N) is 1. The molecule has 2 N–H and O–H groups in total. The fourth-order valence-electron chi connectivity index (χ4n) is 2.02. The van der Waals surface area contributed by atoms with E-state index in [1.165, 1.54) is 0 Å². The maximum absolute atomic E-state index is 6.38. The van der Waals surface area contributed by atoms with Gasteiger partial charge in [-0.3, -0.25) is 0 Å². The lowest BCUT2D eigenvalue weighted by Crippen LogP contribution is -2.14. The van der Waals surface area contributed by atoms with Crippen LogP contribution in [-0.4, -0.2) is 7.11 Å². The van der Waals surface area contributed by atoms with E-state index in [2.05, 4.69) is 31.9 Å². The smallest absolute Gasteiger partial charge is 0.124 e. The maximum Gasteiger partial charge on any atom is 0.124 e. The van der Waals surface area contributed by atoms with Gasteiger partial charge in [0.15, 0.2) is 0 Å². The van der Waals surface area contributed by atoms with Gasteiger partial charge in [0.1, 0.15) is 5.75 Å². The highest BCUT2D eigenvalue weighted by Crippen LogP contribution is 2.37. The second-order valence-electron chi connectivity index (χ2n) is 4.46. The molecule has 0 radical (unpaired) electrons. The number of hydrogen-bond acceptors (Lipinski definition) is 2. The van der Waals surface area contributed by atoms with Gasteiger partial charge < -0.3 is 10.5 Å². The predicted octanol–water partition coefficient (Wildman–Crippen LogP) is 5.23. The van der Waals surface area contributed by atoms with Crippen LogP contribution in [0.2, 0.25) is 5.02 Å². The van der Waals surface area contributed by atoms with Gasteiger partial charge in [0.25, 0.3) is 0 Å². The molecule has 0 amide bonds. The summed E-state index contributed by atoms with van der Waals surface area (Å²) in [4.78, 5) is 0. The lowest BCUT2D eigenvalue weighted by atomic mass is 9.97. The molecular weight excluding hydrogens is 405 g/mol. The second kappa shape index (κ2) is 6.48. The molecule has 0 spiro atoms. The van der Waals surface area contributed by atoms with E-state index in [-0.39, 0.29) is 6.04 Å². The quantitative estimate of drug-likeness (QED) is 0.739. The van der Waals surface area contributed by atoms with Crippen LogP contribution < -0.4 is 10.5 Å². The Kier molecular flexibility index (Phi) is 5.13. The van der Waals surface area contributed by atoms with Gasteiger partial charge in [0, 0.05) is 14.5 Å². The Bertz CT molecular complexity index is 646. The third-order valence-electron chi connectivity index (χ3n) is 3.16. The van der Waals surface area contributed by atoms with Gasteiger partial charge >= 0.3 is 0 Å². The van der Waals surface area contributed by atoms with E-state index < -0.39 is 0 Å². The molecule has 0 heterocycles. The van der Waals surface area contributed by atoms with Crippen LogP contribution in [0, 0.1) is 6.92 Å². The SMILES string of the molecule is COc1cc(C)c(Br)cc1C(N)c1cccc(Br)c1Cl. The van der Waals surface area contributed by atoms with Gasteiger partial charge in [-0.15, -0.1) is 0 Å². The van der Waals surface area contributed by atoms with Crippen LogP contribution >= 0.6 is 43.5 Å². The van der Waals surface area contributed by atoms with Crippen LogP contribution in [0.5, 0.6) is 5.75 Å². The molecule has 2 rings (SSSR count). The third kappa shape index (κ3) is 3.03. The van der Waals surface area contributed by atoms with Crippen molar-refractivity contribution in [1.29, 1.82) is 0 Å². The van der Waals surface area contributed by atoms with Crippen molar-refractivity contribution >= 4 is 43.5 Å². The van der Waals surface area contributed by atoms with E-state index in [1.54, 1.807) is 7.11 Å². The molecule has 0 saturated heterocycles. The summed E-state index contributed by atoms with van der Waals surface area (Å²) in [5.74, 6) is 0.759. The first-order valence-corrected chi connectivity index (χ1v) is 7.95. The summed E-state index contributed by atoms with van der Waals surface area (Å²) in [6.07, 6.45) is 0. The Morgan fingerprint density at radius 2 is 1.85 bits per heavy atom. The highest BCUT2D eigenvalue weighted by Gasteiger charge is 2.19. The molecule has 2 aromatic carbocycles. The molecule has 2 aromatic rings. The first-order valence-electron chi connectivity index (χ1n) is 5.99. The summed E-state index contributed by atoms with van der Waals surface area (Å²) in [6, 6.07) is 9.32. The summed E-state index contributed by atoms with van der Waals surface area (Å²) < 4.78 is 7.26. The molecule has 20 heavy (non-hydrogen) atoms. The van der Waals surface area contributed by atoms with Crippen molar-refractivity contribution in [2.45, 2.75) is 13.0 Å². The minimum Gasteiger partial charge on any atom is -0.496 e. The maximum atomic E-state index is 6.38. The topological polar surface area (TPSA) is 35.2 Å². The Hall–Kier alpha value is -0.550. The van der Waals surface area contributed by atoms with E-state index >= 15 is 0 Å². The monoisotopic (exact) mass is 417 g/mol. The third-order valence-corrected chi connectivity index (χ3v) is 5.33. The number of aryl methyl sites for hydroxylation is 1. The summed E-state index contributed by atoms with van der Waals surface area (Å²) in [7, 11) is 1.64. The molecule has 106 valence electrons. The molecular formula is C15H14Br2ClNO. The number of halogens is 3. The van der Waals surface area contributed by atoms with Crippen LogP contribution in [-0.2, 0) is 0 Å². The van der Waals surface area contributed by atoms with Crippen LogP contribution in [0.15, 0.2) is 39.3 Å². The number of hydrogen-bond donors (Lipinski definition) is 1. The molecule has 5 heteroatoms. The summed E-state index contributed by atoms with van der Waals surface area (Å²) in [5.41, 5.74) is 9.22. The summed E-state index contributed by atoms with van der Waals surface area (Å²) in [5, 5.41) is 0.624. The summed E-state index contributed by atoms with van der Waals surface area (Å²) >= 11 is 13.3. The van der Waals surface area contributed by atoms with Crippen LogP contribution in [0.3, 0.4) is 0 Å². The molecule has 0 aromatic heterocycles. The fourth-order valence-corrected chi connectivity index (χ4v) is 3.00. The van der Waals surface area contributed by atoms with Crippen LogP contribution in [0.1, 0.15) is 22.7 Å². The zero-order chi connectivity index (χ0) is 14.9. The molecule has 0 fully saturated rings. The standard InChI is InChI=1S/C15H14Br2ClNO/c1-8-6-13(20-2)10(7-12(8)17)15(19)9-4-3-5-11(16)14(9)18/h3-7,15H,19H2,1-2H3. The van der Waals surface area contributed by atoms with Gasteiger partial charge in [-0.1, -0.05) is 39.7 Å². The second-order valence-corrected chi connectivity index (χ2v) is 6.55. The Morgan fingerprint density at radius 1 is 1.15 bits per heavy atom. The number of ether oxygens (including phenoxy) is 1. The van der Waals surface area contributed by atoms with E-state index in [9.17, 15) is 0 Å². The van der Waals surface area contributed by atoms with Crippen molar-refractivity contribution in [1.82, 2.24) is 0 Å². The molecule has 0 aliphatic carbocycles. The largest absolute Gasteiger partial charge is 0.496 e. The van der Waals surface area contributed by atoms with Crippen LogP contribution in [0.25, 0.3) is 0 Å². The van der Waals surface area contributed by atoms with E-state index in [0.717, 1.165) is 31.4 Å². The highest BCUT2D eigenvalue weighted by molar-refractivity contribution is 9.10. The molecule has 0 bridgehead atoms. The van der Waals surface area contributed by atoms with Crippen molar-refractivity contribution in [3.05, 3.63) is 61.0 Å². The van der Waals surface area contributed by atoms with E-state index in [4.69, 9.17) is 22.1 Å². The van der Waals surface area contributed by atoms with Crippen molar-refractivity contribution < 1.29 is 4.74 Å². The Morgan fingerprint density at radius 3 is 2.50 bits per heavy atom. The average Bonchev–Trinajstić information content (AvgIpc) is 2.43. The zero-order valence-corrected chi connectivity index (χ0v) is 15.0. The normalized spacial score (nSPS) is 12.3. The highest BCUT2D eigenvalue weighted by atomic mass is 79.9. The van der Waals surface area contributed by atoms with Crippen LogP contribution in [0.4, 0.5) is 0 Å². The molecule has 1 unspecified atom stereocenters. The Labute approximate surface area is 140 Å². The van der Waals surface area contributed by atoms with Gasteiger partial charge in [-0.25, -0.2) is 0 Å². The van der Waals surface area contributed by atoms with Gasteiger partial charge in [-0.2, -0.15) is 0 Å². The van der Waals surface area contributed by atoms with Gasteiger partial charge in [-0.05, 0) is 52.2 Å². The minimum atomic E-state index is -0.355. The average molecular weight is 420 g/mol. The molecule has 0 aliphatic rings. The van der Waals surface area contributed by atoms with E-state index in [0.29, 0.717) is 5.02 Å². The van der Waals surface area contributed by atoms with Crippen molar-refractivity contribution in [3.8, 4) is 5.75 Å². The summed E-state index contributed by atoms with van der Waals surface area (Å²) in [6.45, 7) is 2.01. The lowest BCUT2D eigenvalue weighted by molar-refractivity contribution is 0.407. The van der Waals surface area contributed by atoms with Crippen molar-refractivity contribution in [2.75, 3.05) is 7.11 Å². The first kappa shape index (κ1) is 15.8. The number of rotatable bonds is 3. The van der Waals surface area contributed by atoms with Gasteiger partial charge in [0.05, 0.1) is 18.2 Å². The number of benzene rings is 2. The molecule has 1 atom stereocenters. The van der Waals surface area contributed by atoms with E-state index in [1.807, 2.05) is 37.3 Å². The fraction of sp³-hybridized carbons (Fsp3) is 0.200. The predicted molar refractivity (Wildman–Crippen MR) is 90.6 cm³/mol. The molecule has 0 aliphatic heterocycles.